The minimum absolute atomic E-state index is 0.00887. The van der Waals surface area contributed by atoms with Crippen LogP contribution in [0.1, 0.15) is 94.0 Å². The number of ether oxygens (including phenoxy) is 1. The molecule has 5 rings (SSSR count). The Hall–Kier alpha value is -3.18. The molecular weight excluding hydrogens is 700 g/mol. The third-order valence-electron chi connectivity index (χ3n) is 10.7. The molecule has 2 amide bonds. The van der Waals surface area contributed by atoms with Crippen molar-refractivity contribution in [2.24, 2.45) is 5.92 Å². The minimum Gasteiger partial charge on any atom is -0.477 e. The van der Waals surface area contributed by atoms with E-state index in [4.69, 9.17) is 27.9 Å². The molecule has 0 aliphatic carbocycles. The van der Waals surface area contributed by atoms with Crippen LogP contribution in [0.25, 0.3) is 0 Å². The predicted molar refractivity (Wildman–Crippen MR) is 197 cm³/mol. The lowest BCUT2D eigenvalue weighted by molar-refractivity contribution is -0.135. The number of nitrogens with one attached hydrogen (secondary N) is 2. The number of benzene rings is 3. The number of anilines is 1. The summed E-state index contributed by atoms with van der Waals surface area (Å²) >= 11 is 13.4. The first kappa shape index (κ1) is 38.1. The van der Waals surface area contributed by atoms with E-state index < -0.39 is 33.0 Å². The summed E-state index contributed by atoms with van der Waals surface area (Å²) in [7, 11) is -3.87. The monoisotopic (exact) mass is 745 g/mol. The first-order valence-corrected chi connectivity index (χ1v) is 19.9. The number of aryl methyl sites for hydroxylation is 1. The molecule has 1 spiro atoms. The summed E-state index contributed by atoms with van der Waals surface area (Å²) in [5.41, 5.74) is 1.55. The molecule has 8 nitrogen and oxygen atoms in total. The molecule has 2 aliphatic rings. The van der Waals surface area contributed by atoms with Crippen molar-refractivity contribution in [2.45, 2.75) is 89.7 Å². The van der Waals surface area contributed by atoms with E-state index in [-0.39, 0.29) is 42.9 Å². The maximum Gasteiger partial charge on any atom is 0.277 e. The zero-order valence-corrected chi connectivity index (χ0v) is 31.7. The fourth-order valence-electron chi connectivity index (χ4n) is 8.03. The first-order valence-electron chi connectivity index (χ1n) is 17.3. The molecule has 0 bridgehead atoms. The van der Waals surface area contributed by atoms with Gasteiger partial charge in [0.05, 0.1) is 6.26 Å². The van der Waals surface area contributed by atoms with Gasteiger partial charge in [-0.15, -0.1) is 0 Å². The molecular formula is C38H46Cl2FN3O5S. The van der Waals surface area contributed by atoms with Gasteiger partial charge in [0.25, 0.3) is 5.91 Å². The van der Waals surface area contributed by atoms with Crippen molar-refractivity contribution in [3.63, 3.8) is 0 Å². The number of hydrogen-bond acceptors (Lipinski definition) is 6. The molecule has 0 radical (unpaired) electrons. The standard InChI is InChI=1S/C38H46Cl2FN3O5S/c1-7-24(8-2)35(45)44-22-38(31-15-12-26(40)20-32(31)44)30(17-18-42-34(38)28-21-27(41)14-11-23(28)5)29-19-25(39)13-16-33(29)49-37(9-3,10-4)36(46)43-50(6,47)48/h11-16,19-21,24,30,34,42H,7-10,17-18,22H2,1-6H3,(H,43,46)/t30-,34-,38-/m0/s1. The fourth-order valence-corrected chi connectivity index (χ4v) is 8.90. The van der Waals surface area contributed by atoms with Gasteiger partial charge in [0.2, 0.25) is 15.9 Å². The van der Waals surface area contributed by atoms with E-state index in [1.54, 1.807) is 38.1 Å². The molecule has 3 aromatic rings. The smallest absolute Gasteiger partial charge is 0.277 e. The summed E-state index contributed by atoms with van der Waals surface area (Å²) in [4.78, 5) is 29.7. The SMILES string of the molecule is CCC(CC)C(=O)N1C[C@@]2(c3ccc(Cl)cc31)[C@H](c1cc(Cl)ccc1OC(CC)(CC)C(=O)NS(C)(=O)=O)CCN[C@H]2c1cc(F)ccc1C. The Balaban J connectivity index is 1.79. The molecule has 3 aromatic carbocycles. The van der Waals surface area contributed by atoms with E-state index in [9.17, 15) is 18.0 Å². The second-order valence-electron chi connectivity index (χ2n) is 13.6. The minimum atomic E-state index is -3.87. The van der Waals surface area contributed by atoms with E-state index >= 15 is 4.39 Å². The molecule has 1 fully saturated rings. The molecule has 0 unspecified atom stereocenters. The number of carbonyl (C=O) groups excluding carboxylic acids is 2. The maximum atomic E-state index is 15.1. The van der Waals surface area contributed by atoms with Crippen LogP contribution >= 0.6 is 23.2 Å². The Morgan fingerprint density at radius 3 is 2.32 bits per heavy atom. The Morgan fingerprint density at radius 1 is 1.02 bits per heavy atom. The van der Waals surface area contributed by atoms with Crippen LogP contribution in [0.3, 0.4) is 0 Å². The molecule has 270 valence electrons. The second-order valence-corrected chi connectivity index (χ2v) is 16.2. The van der Waals surface area contributed by atoms with E-state index in [0.717, 1.165) is 22.9 Å². The Labute approximate surface area is 305 Å². The zero-order valence-electron chi connectivity index (χ0n) is 29.4. The maximum absolute atomic E-state index is 15.1. The third kappa shape index (κ3) is 7.01. The van der Waals surface area contributed by atoms with Crippen LogP contribution in [0.15, 0.2) is 54.6 Å². The molecule has 2 N–H and O–H groups in total. The van der Waals surface area contributed by atoms with Crippen molar-refractivity contribution in [2.75, 3.05) is 24.2 Å². The summed E-state index contributed by atoms with van der Waals surface area (Å²) in [5.74, 6) is -1.35. The Kier molecular flexibility index (Phi) is 11.3. The third-order valence-corrected chi connectivity index (χ3v) is 11.8. The number of sulfonamides is 1. The van der Waals surface area contributed by atoms with Gasteiger partial charge < -0.3 is 15.0 Å². The highest BCUT2D eigenvalue weighted by Crippen LogP contribution is 2.60. The van der Waals surface area contributed by atoms with Crippen LogP contribution in [-0.4, -0.2) is 45.2 Å². The number of fused-ring (bicyclic) bond motifs is 2. The quantitative estimate of drug-likeness (QED) is 0.206. The van der Waals surface area contributed by atoms with Gasteiger partial charge in [-0.1, -0.05) is 63.0 Å². The molecule has 2 aliphatic heterocycles. The number of rotatable bonds is 11. The lowest BCUT2D eigenvalue weighted by Gasteiger charge is -2.50. The molecule has 3 atom stereocenters. The Morgan fingerprint density at radius 2 is 1.68 bits per heavy atom. The van der Waals surface area contributed by atoms with Crippen LogP contribution < -0.4 is 19.7 Å². The fraction of sp³-hybridized carbons (Fsp3) is 0.474. The van der Waals surface area contributed by atoms with Gasteiger partial charge >= 0.3 is 0 Å². The predicted octanol–water partition coefficient (Wildman–Crippen LogP) is 7.99. The molecule has 1 saturated heterocycles. The number of amides is 2. The van der Waals surface area contributed by atoms with Crippen molar-refractivity contribution in [1.82, 2.24) is 10.0 Å². The summed E-state index contributed by atoms with van der Waals surface area (Å²) in [6, 6.07) is 15.1. The van der Waals surface area contributed by atoms with E-state index in [1.165, 1.54) is 6.07 Å². The number of carbonyl (C=O) groups is 2. The normalized spacial score (nSPS) is 20.6. The summed E-state index contributed by atoms with van der Waals surface area (Å²) < 4.78 is 48.2. The van der Waals surface area contributed by atoms with E-state index in [2.05, 4.69) is 10.0 Å². The van der Waals surface area contributed by atoms with Gasteiger partial charge in [-0.25, -0.2) is 17.5 Å². The first-order chi connectivity index (χ1) is 23.6. The lowest BCUT2D eigenvalue weighted by atomic mass is 9.59. The van der Waals surface area contributed by atoms with Crippen molar-refractivity contribution >= 4 is 50.7 Å². The molecule has 0 aromatic heterocycles. The zero-order chi connectivity index (χ0) is 36.6. The second kappa shape index (κ2) is 14.8. The summed E-state index contributed by atoms with van der Waals surface area (Å²) in [6.45, 7) is 10.3. The van der Waals surface area contributed by atoms with Gasteiger partial charge in [-0.05, 0) is 110 Å². The number of hydrogen-bond donors (Lipinski definition) is 2. The molecule has 50 heavy (non-hydrogen) atoms. The van der Waals surface area contributed by atoms with Gasteiger partial charge in [-0.3, -0.25) is 9.59 Å². The van der Waals surface area contributed by atoms with E-state index in [0.29, 0.717) is 52.9 Å². The lowest BCUT2D eigenvalue weighted by Crippen LogP contribution is -2.55. The molecule has 2 heterocycles. The van der Waals surface area contributed by atoms with Crippen LogP contribution in [0.2, 0.25) is 10.0 Å². The van der Waals surface area contributed by atoms with Crippen molar-refractivity contribution in [3.05, 3.63) is 92.7 Å². The van der Waals surface area contributed by atoms with Crippen molar-refractivity contribution in [3.8, 4) is 5.75 Å². The highest BCUT2D eigenvalue weighted by molar-refractivity contribution is 7.89. The van der Waals surface area contributed by atoms with Crippen molar-refractivity contribution < 1.29 is 27.1 Å². The average Bonchev–Trinajstić information content (AvgIpc) is 3.39. The highest BCUT2D eigenvalue weighted by atomic mass is 35.5. The average molecular weight is 747 g/mol. The Bertz CT molecular complexity index is 1880. The van der Waals surface area contributed by atoms with Crippen LogP contribution in [0, 0.1) is 18.7 Å². The summed E-state index contributed by atoms with van der Waals surface area (Å²) in [5, 5.41) is 4.64. The van der Waals surface area contributed by atoms with Crippen LogP contribution in [-0.2, 0) is 25.0 Å². The molecule has 0 saturated carbocycles. The van der Waals surface area contributed by atoms with Crippen molar-refractivity contribution in [1.29, 1.82) is 0 Å². The van der Waals surface area contributed by atoms with Gasteiger partial charge in [-0.2, -0.15) is 0 Å². The molecule has 12 heteroatoms. The highest BCUT2D eigenvalue weighted by Gasteiger charge is 2.58. The number of halogens is 3. The van der Waals surface area contributed by atoms with E-state index in [1.807, 2.05) is 49.9 Å². The summed E-state index contributed by atoms with van der Waals surface area (Å²) in [6.07, 6.45) is 3.22. The number of piperidine rings is 1. The number of nitrogens with zero attached hydrogens (tertiary/aromatic N) is 1. The van der Waals surface area contributed by atoms with Gasteiger partial charge in [0.1, 0.15) is 11.6 Å². The van der Waals surface area contributed by atoms with Crippen LogP contribution in [0.4, 0.5) is 10.1 Å². The van der Waals surface area contributed by atoms with Crippen LogP contribution in [0.5, 0.6) is 5.75 Å². The topological polar surface area (TPSA) is 105 Å². The van der Waals surface area contributed by atoms with Gasteiger partial charge in [0, 0.05) is 45.6 Å². The largest absolute Gasteiger partial charge is 0.477 e. The van der Waals surface area contributed by atoms with Gasteiger partial charge in [0.15, 0.2) is 5.60 Å².